The van der Waals surface area contributed by atoms with Crippen LogP contribution in [-0.4, -0.2) is 30.4 Å². The number of nitrogens with two attached hydrogens (primary N) is 2. The van der Waals surface area contributed by atoms with Crippen molar-refractivity contribution < 1.29 is 4.79 Å². The van der Waals surface area contributed by atoms with Crippen LogP contribution in [0.5, 0.6) is 0 Å². The van der Waals surface area contributed by atoms with Gasteiger partial charge in [-0.05, 0) is 37.5 Å². The van der Waals surface area contributed by atoms with Crippen LogP contribution < -0.4 is 16.8 Å². The monoisotopic (exact) mass is 262 g/mol. The van der Waals surface area contributed by atoms with Gasteiger partial charge in [0.05, 0.1) is 11.4 Å². The highest BCUT2D eigenvalue weighted by atomic mass is 16.2. The van der Waals surface area contributed by atoms with Crippen molar-refractivity contribution in [3.8, 4) is 0 Å². The number of hydrogen-bond acceptors (Lipinski definition) is 4. The maximum atomic E-state index is 12.0. The summed E-state index contributed by atoms with van der Waals surface area (Å²) >= 11 is 0. The molecule has 0 spiro atoms. The zero-order valence-corrected chi connectivity index (χ0v) is 11.2. The summed E-state index contributed by atoms with van der Waals surface area (Å²) in [7, 11) is 0. The van der Waals surface area contributed by atoms with Gasteiger partial charge in [0.2, 0.25) is 5.91 Å². The quantitative estimate of drug-likeness (QED) is 0.721. The van der Waals surface area contributed by atoms with E-state index >= 15 is 0 Å². The molecule has 0 radical (unpaired) electrons. The number of piperidine rings is 1. The lowest BCUT2D eigenvalue weighted by Crippen LogP contribution is -2.36. The van der Waals surface area contributed by atoms with Gasteiger partial charge in [-0.25, -0.2) is 0 Å². The standard InChI is InChI=1S/C14H22N4O/c15-12-5-4-11(10-13(12)16)17-7-6-14(19)18-8-2-1-3-9-18/h4-5,10,17H,1-3,6-9,15-16H2. The molecule has 1 aliphatic heterocycles. The van der Waals surface area contributed by atoms with E-state index in [2.05, 4.69) is 5.32 Å². The van der Waals surface area contributed by atoms with E-state index in [4.69, 9.17) is 11.5 Å². The predicted octanol–water partition coefficient (Wildman–Crippen LogP) is 1.67. The highest BCUT2D eigenvalue weighted by Crippen LogP contribution is 2.19. The average molecular weight is 262 g/mol. The molecular formula is C14H22N4O. The predicted molar refractivity (Wildman–Crippen MR) is 78.8 cm³/mol. The van der Waals surface area contributed by atoms with Gasteiger partial charge < -0.3 is 21.7 Å². The van der Waals surface area contributed by atoms with Crippen LogP contribution in [0.25, 0.3) is 0 Å². The van der Waals surface area contributed by atoms with Crippen molar-refractivity contribution in [1.82, 2.24) is 4.90 Å². The Kier molecular flexibility index (Phi) is 4.49. The Morgan fingerprint density at radius 3 is 2.58 bits per heavy atom. The minimum Gasteiger partial charge on any atom is -0.397 e. The second-order valence-corrected chi connectivity index (χ2v) is 4.96. The summed E-state index contributed by atoms with van der Waals surface area (Å²) in [5.74, 6) is 0.232. The molecule has 5 heteroatoms. The van der Waals surface area contributed by atoms with Crippen molar-refractivity contribution in [1.29, 1.82) is 0 Å². The Bertz CT molecular complexity index is 441. The molecular weight excluding hydrogens is 240 g/mol. The highest BCUT2D eigenvalue weighted by Gasteiger charge is 2.15. The molecule has 0 saturated carbocycles. The van der Waals surface area contributed by atoms with Crippen molar-refractivity contribution in [2.45, 2.75) is 25.7 Å². The normalized spacial score (nSPS) is 15.3. The van der Waals surface area contributed by atoms with Gasteiger partial charge in [0, 0.05) is 31.7 Å². The fraction of sp³-hybridized carbons (Fsp3) is 0.500. The van der Waals surface area contributed by atoms with Crippen LogP contribution in [-0.2, 0) is 4.79 Å². The molecule has 1 aromatic carbocycles. The number of hydrogen-bond donors (Lipinski definition) is 3. The molecule has 5 N–H and O–H groups in total. The summed E-state index contributed by atoms with van der Waals surface area (Å²) in [6.45, 7) is 2.44. The van der Waals surface area contributed by atoms with Crippen molar-refractivity contribution in [3.63, 3.8) is 0 Å². The molecule has 0 bridgehead atoms. The fourth-order valence-corrected chi connectivity index (χ4v) is 2.30. The molecule has 2 rings (SSSR count). The largest absolute Gasteiger partial charge is 0.397 e. The molecule has 0 aromatic heterocycles. The molecule has 0 atom stereocenters. The molecule has 1 heterocycles. The van der Waals surface area contributed by atoms with E-state index in [1.165, 1.54) is 6.42 Å². The molecule has 5 nitrogen and oxygen atoms in total. The number of carbonyl (C=O) groups is 1. The minimum atomic E-state index is 0.232. The SMILES string of the molecule is Nc1ccc(NCCC(=O)N2CCCCC2)cc1N. The van der Waals surface area contributed by atoms with Gasteiger partial charge in [-0.3, -0.25) is 4.79 Å². The molecule has 0 unspecified atom stereocenters. The van der Waals surface area contributed by atoms with Gasteiger partial charge in [-0.15, -0.1) is 0 Å². The number of nitrogens with zero attached hydrogens (tertiary/aromatic N) is 1. The first-order valence-electron chi connectivity index (χ1n) is 6.83. The summed E-state index contributed by atoms with van der Waals surface area (Å²) in [5, 5.41) is 3.20. The topological polar surface area (TPSA) is 84.4 Å². The lowest BCUT2D eigenvalue weighted by atomic mass is 10.1. The van der Waals surface area contributed by atoms with E-state index < -0.39 is 0 Å². The zero-order chi connectivity index (χ0) is 13.7. The van der Waals surface area contributed by atoms with E-state index in [-0.39, 0.29) is 5.91 Å². The number of rotatable bonds is 4. The number of carbonyl (C=O) groups excluding carboxylic acids is 1. The number of likely N-dealkylation sites (tertiary alicyclic amines) is 1. The molecule has 1 fully saturated rings. The fourth-order valence-electron chi connectivity index (χ4n) is 2.30. The number of nitrogen functional groups attached to an aromatic ring is 2. The maximum absolute atomic E-state index is 12.0. The lowest BCUT2D eigenvalue weighted by Gasteiger charge is -2.26. The third-order valence-corrected chi connectivity index (χ3v) is 3.46. The van der Waals surface area contributed by atoms with E-state index in [0.29, 0.717) is 24.3 Å². The molecule has 19 heavy (non-hydrogen) atoms. The molecule has 0 aliphatic carbocycles. The summed E-state index contributed by atoms with van der Waals surface area (Å²) in [4.78, 5) is 13.9. The second-order valence-electron chi connectivity index (χ2n) is 4.96. The Morgan fingerprint density at radius 1 is 1.16 bits per heavy atom. The first-order chi connectivity index (χ1) is 9.16. The van der Waals surface area contributed by atoms with Crippen LogP contribution in [0, 0.1) is 0 Å². The Labute approximate surface area is 113 Å². The first kappa shape index (κ1) is 13.5. The molecule has 1 aliphatic rings. The maximum Gasteiger partial charge on any atom is 0.224 e. The van der Waals surface area contributed by atoms with E-state index in [1.54, 1.807) is 12.1 Å². The number of anilines is 3. The van der Waals surface area contributed by atoms with Gasteiger partial charge in [0.15, 0.2) is 0 Å². The summed E-state index contributed by atoms with van der Waals surface area (Å²) in [5.41, 5.74) is 13.4. The summed E-state index contributed by atoms with van der Waals surface area (Å²) < 4.78 is 0. The van der Waals surface area contributed by atoms with E-state index in [0.717, 1.165) is 31.6 Å². The average Bonchev–Trinajstić information content (AvgIpc) is 2.43. The molecule has 1 amide bonds. The Hall–Kier alpha value is -1.91. The molecule has 1 saturated heterocycles. The summed E-state index contributed by atoms with van der Waals surface area (Å²) in [6, 6.07) is 5.43. The molecule has 104 valence electrons. The van der Waals surface area contributed by atoms with Crippen LogP contribution in [0.15, 0.2) is 18.2 Å². The van der Waals surface area contributed by atoms with Crippen LogP contribution >= 0.6 is 0 Å². The van der Waals surface area contributed by atoms with Crippen LogP contribution in [0.2, 0.25) is 0 Å². The minimum absolute atomic E-state index is 0.232. The van der Waals surface area contributed by atoms with Gasteiger partial charge >= 0.3 is 0 Å². The van der Waals surface area contributed by atoms with Crippen LogP contribution in [0.1, 0.15) is 25.7 Å². The van der Waals surface area contributed by atoms with Crippen molar-refractivity contribution >= 4 is 23.0 Å². The second kappa shape index (κ2) is 6.31. The van der Waals surface area contributed by atoms with Crippen molar-refractivity contribution in [3.05, 3.63) is 18.2 Å². The van der Waals surface area contributed by atoms with Crippen LogP contribution in [0.3, 0.4) is 0 Å². The first-order valence-corrected chi connectivity index (χ1v) is 6.83. The van der Waals surface area contributed by atoms with Crippen LogP contribution in [0.4, 0.5) is 17.1 Å². The summed E-state index contributed by atoms with van der Waals surface area (Å²) in [6.07, 6.45) is 4.03. The van der Waals surface area contributed by atoms with Gasteiger partial charge in [0.1, 0.15) is 0 Å². The van der Waals surface area contributed by atoms with E-state index in [9.17, 15) is 4.79 Å². The number of nitrogens with one attached hydrogen (secondary N) is 1. The van der Waals surface area contributed by atoms with Gasteiger partial charge in [-0.2, -0.15) is 0 Å². The zero-order valence-electron chi connectivity index (χ0n) is 11.2. The number of benzene rings is 1. The van der Waals surface area contributed by atoms with Crippen molar-refractivity contribution in [2.75, 3.05) is 36.4 Å². The Morgan fingerprint density at radius 2 is 1.89 bits per heavy atom. The molecule has 1 aromatic rings. The Balaban J connectivity index is 1.76. The van der Waals surface area contributed by atoms with Crippen molar-refractivity contribution in [2.24, 2.45) is 0 Å². The highest BCUT2D eigenvalue weighted by molar-refractivity contribution is 5.77. The van der Waals surface area contributed by atoms with E-state index in [1.807, 2.05) is 11.0 Å². The lowest BCUT2D eigenvalue weighted by molar-refractivity contribution is -0.131. The number of amides is 1. The smallest absolute Gasteiger partial charge is 0.224 e. The third kappa shape index (κ3) is 3.77. The van der Waals surface area contributed by atoms with Gasteiger partial charge in [0.25, 0.3) is 0 Å². The third-order valence-electron chi connectivity index (χ3n) is 3.46. The van der Waals surface area contributed by atoms with Gasteiger partial charge in [-0.1, -0.05) is 0 Å².